The van der Waals surface area contributed by atoms with Crippen LogP contribution in [0.15, 0.2) is 35.5 Å². The van der Waals surface area contributed by atoms with Crippen LogP contribution in [0, 0.1) is 0 Å². The lowest BCUT2D eigenvalue weighted by molar-refractivity contribution is -0.116. The van der Waals surface area contributed by atoms with Crippen LogP contribution in [0.5, 0.6) is 0 Å². The van der Waals surface area contributed by atoms with Crippen molar-refractivity contribution < 1.29 is 4.79 Å². The quantitative estimate of drug-likeness (QED) is 0.758. The van der Waals surface area contributed by atoms with E-state index in [1.807, 2.05) is 25.3 Å². The SMILES string of the molecule is CC(=O)Cc1cccc(C2=CN=C(C)C2)c1. The molecule has 0 spiro atoms. The highest BCUT2D eigenvalue weighted by Gasteiger charge is 2.09. The molecule has 1 aliphatic heterocycles. The van der Waals surface area contributed by atoms with Crippen molar-refractivity contribution in [2.24, 2.45) is 4.99 Å². The largest absolute Gasteiger partial charge is 0.300 e. The fraction of sp³-hybridized carbons (Fsp3) is 0.286. The molecular weight excluding hydrogens is 198 g/mol. The highest BCUT2D eigenvalue weighted by molar-refractivity contribution is 5.96. The number of nitrogens with zero attached hydrogens (tertiary/aromatic N) is 1. The van der Waals surface area contributed by atoms with Crippen LogP contribution in [-0.2, 0) is 11.2 Å². The Morgan fingerprint density at radius 1 is 1.44 bits per heavy atom. The third-order valence-electron chi connectivity index (χ3n) is 2.64. The van der Waals surface area contributed by atoms with E-state index >= 15 is 0 Å². The lowest BCUT2D eigenvalue weighted by Gasteiger charge is -2.04. The van der Waals surface area contributed by atoms with Crippen molar-refractivity contribution in [1.82, 2.24) is 0 Å². The monoisotopic (exact) mass is 213 g/mol. The number of carbonyl (C=O) groups is 1. The first kappa shape index (κ1) is 10.8. The molecule has 0 N–H and O–H groups in total. The highest BCUT2D eigenvalue weighted by atomic mass is 16.1. The van der Waals surface area contributed by atoms with Crippen molar-refractivity contribution in [3.8, 4) is 0 Å². The van der Waals surface area contributed by atoms with Gasteiger partial charge in [-0.25, -0.2) is 0 Å². The molecule has 82 valence electrons. The predicted molar refractivity (Wildman–Crippen MR) is 66.5 cm³/mol. The number of allylic oxidation sites excluding steroid dienone is 1. The molecule has 0 saturated carbocycles. The predicted octanol–water partition coefficient (Wildman–Crippen LogP) is 3.02. The van der Waals surface area contributed by atoms with E-state index in [-0.39, 0.29) is 5.78 Å². The number of aliphatic imine (C=N–C) groups is 1. The van der Waals surface area contributed by atoms with Crippen molar-refractivity contribution in [2.45, 2.75) is 26.7 Å². The second-order valence-electron chi connectivity index (χ2n) is 4.27. The van der Waals surface area contributed by atoms with Gasteiger partial charge in [-0.15, -0.1) is 0 Å². The highest BCUT2D eigenvalue weighted by Crippen LogP contribution is 2.24. The van der Waals surface area contributed by atoms with Crippen molar-refractivity contribution >= 4 is 17.1 Å². The van der Waals surface area contributed by atoms with Gasteiger partial charge in [0.25, 0.3) is 0 Å². The van der Waals surface area contributed by atoms with Gasteiger partial charge in [0.1, 0.15) is 5.78 Å². The first-order valence-electron chi connectivity index (χ1n) is 5.46. The molecular formula is C14H15NO. The minimum Gasteiger partial charge on any atom is -0.300 e. The Labute approximate surface area is 95.7 Å². The van der Waals surface area contributed by atoms with Crippen LogP contribution < -0.4 is 0 Å². The van der Waals surface area contributed by atoms with Gasteiger partial charge in [-0.05, 0) is 30.5 Å². The fourth-order valence-corrected chi connectivity index (χ4v) is 1.90. The molecule has 1 heterocycles. The van der Waals surface area contributed by atoms with Crippen LogP contribution in [0.2, 0.25) is 0 Å². The zero-order chi connectivity index (χ0) is 11.5. The summed E-state index contributed by atoms with van der Waals surface area (Å²) < 4.78 is 0. The maximum atomic E-state index is 11.1. The molecule has 0 saturated heterocycles. The average molecular weight is 213 g/mol. The summed E-state index contributed by atoms with van der Waals surface area (Å²) in [5.74, 6) is 0.199. The topological polar surface area (TPSA) is 29.4 Å². The van der Waals surface area contributed by atoms with Crippen LogP contribution in [0.1, 0.15) is 31.4 Å². The fourth-order valence-electron chi connectivity index (χ4n) is 1.90. The van der Waals surface area contributed by atoms with Crippen molar-refractivity contribution in [3.05, 3.63) is 41.6 Å². The molecule has 1 aliphatic rings. The second kappa shape index (κ2) is 4.44. The van der Waals surface area contributed by atoms with Gasteiger partial charge in [0, 0.05) is 24.8 Å². The Bertz CT molecular complexity index is 483. The molecule has 0 aromatic heterocycles. The molecule has 2 nitrogen and oxygen atoms in total. The summed E-state index contributed by atoms with van der Waals surface area (Å²) in [6.45, 7) is 3.65. The number of rotatable bonds is 3. The van der Waals surface area contributed by atoms with Crippen LogP contribution in [0.4, 0.5) is 0 Å². The van der Waals surface area contributed by atoms with E-state index in [2.05, 4.69) is 17.1 Å². The standard InChI is InChI=1S/C14H15NO/c1-10-6-14(9-15-10)13-5-3-4-12(8-13)7-11(2)16/h3-5,8-9H,6-7H2,1-2H3. The number of ketones is 1. The molecule has 0 aliphatic carbocycles. The Morgan fingerprint density at radius 3 is 2.88 bits per heavy atom. The van der Waals surface area contributed by atoms with E-state index in [1.54, 1.807) is 6.92 Å². The van der Waals surface area contributed by atoms with Gasteiger partial charge in [0.05, 0.1) is 0 Å². The molecule has 16 heavy (non-hydrogen) atoms. The van der Waals surface area contributed by atoms with Gasteiger partial charge in [-0.3, -0.25) is 9.79 Å². The van der Waals surface area contributed by atoms with E-state index in [1.165, 1.54) is 11.1 Å². The maximum absolute atomic E-state index is 11.1. The Kier molecular flexibility index (Phi) is 3.00. The summed E-state index contributed by atoms with van der Waals surface area (Å²) in [5, 5.41) is 0. The summed E-state index contributed by atoms with van der Waals surface area (Å²) in [6.07, 6.45) is 3.35. The molecule has 1 aromatic carbocycles. The number of hydrogen-bond acceptors (Lipinski definition) is 2. The molecule has 1 aromatic rings. The number of Topliss-reactive ketones (excluding diaryl/α,β-unsaturated/α-hetero) is 1. The van der Waals surface area contributed by atoms with Gasteiger partial charge < -0.3 is 0 Å². The number of carbonyl (C=O) groups excluding carboxylic acids is 1. The Balaban J connectivity index is 2.20. The molecule has 0 unspecified atom stereocenters. The first-order chi connectivity index (χ1) is 7.65. The summed E-state index contributed by atoms with van der Waals surface area (Å²) >= 11 is 0. The minimum atomic E-state index is 0.199. The van der Waals surface area contributed by atoms with E-state index in [0.717, 1.165) is 17.7 Å². The van der Waals surface area contributed by atoms with Gasteiger partial charge in [0.2, 0.25) is 0 Å². The van der Waals surface area contributed by atoms with Crippen LogP contribution in [-0.4, -0.2) is 11.5 Å². The summed E-state index contributed by atoms with van der Waals surface area (Å²) in [6, 6.07) is 8.15. The van der Waals surface area contributed by atoms with Crippen molar-refractivity contribution in [3.63, 3.8) is 0 Å². The van der Waals surface area contributed by atoms with Gasteiger partial charge >= 0.3 is 0 Å². The van der Waals surface area contributed by atoms with Gasteiger partial charge in [0.15, 0.2) is 0 Å². The van der Waals surface area contributed by atoms with Crippen molar-refractivity contribution in [2.75, 3.05) is 0 Å². The maximum Gasteiger partial charge on any atom is 0.134 e. The van der Waals surface area contributed by atoms with Crippen LogP contribution >= 0.6 is 0 Å². The molecule has 0 amide bonds. The summed E-state index contributed by atoms with van der Waals surface area (Å²) in [7, 11) is 0. The number of hydrogen-bond donors (Lipinski definition) is 0. The van der Waals surface area contributed by atoms with Gasteiger partial charge in [-0.1, -0.05) is 24.3 Å². The third-order valence-corrected chi connectivity index (χ3v) is 2.64. The third kappa shape index (κ3) is 2.45. The lowest BCUT2D eigenvalue weighted by atomic mass is 9.99. The molecule has 0 radical (unpaired) electrons. The molecule has 2 heteroatoms. The second-order valence-corrected chi connectivity index (χ2v) is 4.27. The number of benzene rings is 1. The average Bonchev–Trinajstić information content (AvgIpc) is 2.64. The smallest absolute Gasteiger partial charge is 0.134 e. The Morgan fingerprint density at radius 2 is 2.25 bits per heavy atom. The first-order valence-corrected chi connectivity index (χ1v) is 5.46. The van der Waals surface area contributed by atoms with E-state index in [4.69, 9.17) is 0 Å². The molecule has 0 atom stereocenters. The molecule has 0 bridgehead atoms. The van der Waals surface area contributed by atoms with E-state index < -0.39 is 0 Å². The van der Waals surface area contributed by atoms with E-state index in [0.29, 0.717) is 6.42 Å². The summed E-state index contributed by atoms with van der Waals surface area (Å²) in [5.41, 5.74) is 4.64. The molecule has 0 fully saturated rings. The van der Waals surface area contributed by atoms with Crippen LogP contribution in [0.25, 0.3) is 5.57 Å². The van der Waals surface area contributed by atoms with Crippen molar-refractivity contribution in [1.29, 1.82) is 0 Å². The summed E-state index contributed by atoms with van der Waals surface area (Å²) in [4.78, 5) is 15.3. The zero-order valence-electron chi connectivity index (χ0n) is 9.66. The Hall–Kier alpha value is -1.70. The normalized spacial score (nSPS) is 14.6. The zero-order valence-corrected chi connectivity index (χ0v) is 9.66. The van der Waals surface area contributed by atoms with E-state index in [9.17, 15) is 4.79 Å². The van der Waals surface area contributed by atoms with Gasteiger partial charge in [-0.2, -0.15) is 0 Å². The lowest BCUT2D eigenvalue weighted by Crippen LogP contribution is -1.97. The minimum absolute atomic E-state index is 0.199. The van der Waals surface area contributed by atoms with Crippen LogP contribution in [0.3, 0.4) is 0 Å². The molecule has 2 rings (SSSR count).